The quantitative estimate of drug-likeness (QED) is 0.587. The third-order valence-corrected chi connectivity index (χ3v) is 1.34. The molecule has 1 atom stereocenters. The molecule has 0 aromatic heterocycles. The minimum Gasteiger partial charge on any atom is -0.468 e. The number of ether oxygens (including phenoxy) is 1. The molecule has 0 radical (unpaired) electrons. The fourth-order valence-corrected chi connectivity index (χ4v) is 0.783. The summed E-state index contributed by atoms with van der Waals surface area (Å²) in [6.07, 6.45) is 0.778. The molecule has 60 valence electrons. The van der Waals surface area contributed by atoms with Crippen LogP contribution in [0.2, 0.25) is 0 Å². The van der Waals surface area contributed by atoms with Crippen LogP contribution in [-0.4, -0.2) is 25.7 Å². The molecule has 0 aromatic carbocycles. The van der Waals surface area contributed by atoms with E-state index in [-0.39, 0.29) is 12.0 Å². The molecule has 0 saturated heterocycles. The van der Waals surface area contributed by atoms with Gasteiger partial charge in [-0.15, -0.1) is 0 Å². The van der Waals surface area contributed by atoms with Crippen molar-refractivity contribution in [3.8, 4) is 0 Å². The van der Waals surface area contributed by atoms with Crippen LogP contribution >= 0.6 is 0 Å². The van der Waals surface area contributed by atoms with Gasteiger partial charge in [-0.1, -0.05) is 13.8 Å². The van der Waals surface area contributed by atoms with Crippen LogP contribution in [0, 0.1) is 0 Å². The monoisotopic (exact) mass is 145 g/mol. The van der Waals surface area contributed by atoms with Gasteiger partial charge < -0.3 is 10.1 Å². The van der Waals surface area contributed by atoms with E-state index in [4.69, 9.17) is 0 Å². The third-order valence-electron chi connectivity index (χ3n) is 1.34. The molecule has 0 rings (SSSR count). The summed E-state index contributed by atoms with van der Waals surface area (Å²) in [5.41, 5.74) is 0. The first-order chi connectivity index (χ1) is 4.76. The Labute approximate surface area is 61.8 Å². The summed E-state index contributed by atoms with van der Waals surface area (Å²) in [7, 11) is 1.41. The summed E-state index contributed by atoms with van der Waals surface area (Å²) in [5, 5.41) is 3.01. The zero-order valence-corrected chi connectivity index (χ0v) is 6.81. The number of likely N-dealkylation sites (N-methyl/N-ethyl adjacent to an activating group) is 1. The van der Waals surface area contributed by atoms with Gasteiger partial charge >= 0.3 is 5.97 Å². The van der Waals surface area contributed by atoms with Crippen LogP contribution in [0.3, 0.4) is 0 Å². The van der Waals surface area contributed by atoms with E-state index < -0.39 is 0 Å². The summed E-state index contributed by atoms with van der Waals surface area (Å²) in [5.74, 6) is -0.177. The second-order valence-corrected chi connectivity index (χ2v) is 2.04. The molecule has 0 amide bonds. The Hall–Kier alpha value is -0.570. The maximum atomic E-state index is 10.8. The Morgan fingerprint density at radius 3 is 2.50 bits per heavy atom. The van der Waals surface area contributed by atoms with Gasteiger partial charge in [0.25, 0.3) is 0 Å². The number of hydrogen-bond donors (Lipinski definition) is 1. The molecule has 10 heavy (non-hydrogen) atoms. The number of rotatable bonds is 4. The van der Waals surface area contributed by atoms with E-state index in [1.54, 1.807) is 0 Å². The molecule has 1 unspecified atom stereocenters. The highest BCUT2D eigenvalue weighted by Crippen LogP contribution is 1.92. The lowest BCUT2D eigenvalue weighted by Crippen LogP contribution is -2.36. The smallest absolute Gasteiger partial charge is 0.322 e. The lowest BCUT2D eigenvalue weighted by molar-refractivity contribution is -0.143. The summed E-state index contributed by atoms with van der Waals surface area (Å²) >= 11 is 0. The van der Waals surface area contributed by atoms with Crippen molar-refractivity contribution in [2.24, 2.45) is 0 Å². The van der Waals surface area contributed by atoms with Crippen LogP contribution in [0.4, 0.5) is 0 Å². The first kappa shape index (κ1) is 9.43. The van der Waals surface area contributed by atoms with Crippen molar-refractivity contribution in [3.05, 3.63) is 0 Å². The summed E-state index contributed by atoms with van der Waals surface area (Å²) in [4.78, 5) is 10.8. The van der Waals surface area contributed by atoms with E-state index in [9.17, 15) is 4.79 Å². The highest BCUT2D eigenvalue weighted by molar-refractivity contribution is 5.75. The topological polar surface area (TPSA) is 38.3 Å². The van der Waals surface area contributed by atoms with Crippen LogP contribution in [0.5, 0.6) is 0 Å². The van der Waals surface area contributed by atoms with Gasteiger partial charge in [-0.05, 0) is 13.0 Å². The molecular weight excluding hydrogens is 130 g/mol. The van der Waals surface area contributed by atoms with Gasteiger partial charge in [-0.3, -0.25) is 4.79 Å². The van der Waals surface area contributed by atoms with Crippen LogP contribution in [0.25, 0.3) is 0 Å². The Morgan fingerprint density at radius 1 is 1.60 bits per heavy atom. The molecule has 3 heteroatoms. The van der Waals surface area contributed by atoms with Crippen LogP contribution < -0.4 is 5.32 Å². The van der Waals surface area contributed by atoms with E-state index in [1.807, 2.05) is 13.8 Å². The molecule has 0 aliphatic heterocycles. The van der Waals surface area contributed by atoms with Crippen LogP contribution in [0.1, 0.15) is 20.3 Å². The average Bonchev–Trinajstić information content (AvgIpc) is 1.99. The fourth-order valence-electron chi connectivity index (χ4n) is 0.783. The predicted octanol–water partition coefficient (Wildman–Crippen LogP) is 0.547. The van der Waals surface area contributed by atoms with Gasteiger partial charge in [-0.25, -0.2) is 0 Å². The predicted molar refractivity (Wildman–Crippen MR) is 39.8 cm³/mol. The molecule has 0 fully saturated rings. The molecule has 0 aliphatic carbocycles. The Morgan fingerprint density at radius 2 is 2.20 bits per heavy atom. The van der Waals surface area contributed by atoms with E-state index >= 15 is 0 Å². The van der Waals surface area contributed by atoms with E-state index in [0.29, 0.717) is 0 Å². The standard InChI is InChI=1S/C7H15NO2/c1-4-6(8-5-2)7(9)10-3/h6,8H,4-5H2,1-3H3. The van der Waals surface area contributed by atoms with Crippen molar-refractivity contribution >= 4 is 5.97 Å². The van der Waals surface area contributed by atoms with Gasteiger partial charge in [-0.2, -0.15) is 0 Å². The Bertz CT molecular complexity index is 104. The molecule has 0 spiro atoms. The van der Waals surface area contributed by atoms with Crippen molar-refractivity contribution in [1.29, 1.82) is 0 Å². The van der Waals surface area contributed by atoms with Crippen molar-refractivity contribution in [2.75, 3.05) is 13.7 Å². The highest BCUT2D eigenvalue weighted by Gasteiger charge is 2.13. The fraction of sp³-hybridized carbons (Fsp3) is 0.857. The molecule has 0 aromatic rings. The molecule has 0 heterocycles. The zero-order chi connectivity index (χ0) is 7.98. The average molecular weight is 145 g/mol. The molecule has 0 aliphatic rings. The molecule has 1 N–H and O–H groups in total. The van der Waals surface area contributed by atoms with Crippen LogP contribution in [0.15, 0.2) is 0 Å². The zero-order valence-electron chi connectivity index (χ0n) is 6.81. The minimum atomic E-state index is -0.177. The number of hydrogen-bond acceptors (Lipinski definition) is 3. The molecule has 0 saturated carbocycles. The van der Waals surface area contributed by atoms with Crippen molar-refractivity contribution in [2.45, 2.75) is 26.3 Å². The lowest BCUT2D eigenvalue weighted by Gasteiger charge is -2.11. The normalized spacial score (nSPS) is 12.7. The number of carbonyl (C=O) groups is 1. The largest absolute Gasteiger partial charge is 0.468 e. The highest BCUT2D eigenvalue weighted by atomic mass is 16.5. The summed E-state index contributed by atoms with van der Waals surface area (Å²) in [6.45, 7) is 4.71. The first-order valence-corrected chi connectivity index (χ1v) is 3.57. The number of methoxy groups -OCH3 is 1. The van der Waals surface area contributed by atoms with E-state index in [0.717, 1.165) is 13.0 Å². The first-order valence-electron chi connectivity index (χ1n) is 3.57. The van der Waals surface area contributed by atoms with Gasteiger partial charge in [0.05, 0.1) is 7.11 Å². The maximum absolute atomic E-state index is 10.8. The van der Waals surface area contributed by atoms with Gasteiger partial charge in [0, 0.05) is 0 Å². The van der Waals surface area contributed by atoms with Crippen molar-refractivity contribution < 1.29 is 9.53 Å². The van der Waals surface area contributed by atoms with Crippen molar-refractivity contribution in [1.82, 2.24) is 5.32 Å². The van der Waals surface area contributed by atoms with Crippen molar-refractivity contribution in [3.63, 3.8) is 0 Å². The molecule has 3 nitrogen and oxygen atoms in total. The lowest BCUT2D eigenvalue weighted by atomic mass is 10.2. The molecule has 0 bridgehead atoms. The number of esters is 1. The van der Waals surface area contributed by atoms with E-state index in [2.05, 4.69) is 10.1 Å². The number of nitrogens with one attached hydrogen (secondary N) is 1. The number of carbonyl (C=O) groups excluding carboxylic acids is 1. The second kappa shape index (κ2) is 5.23. The van der Waals surface area contributed by atoms with Gasteiger partial charge in [0.15, 0.2) is 0 Å². The summed E-state index contributed by atoms with van der Waals surface area (Å²) < 4.78 is 4.55. The SMILES string of the molecule is CCNC(CC)C(=O)OC. The minimum absolute atomic E-state index is 0.130. The summed E-state index contributed by atoms with van der Waals surface area (Å²) in [6, 6.07) is -0.130. The Kier molecular flexibility index (Phi) is 4.94. The molecular formula is C7H15NO2. The third kappa shape index (κ3) is 2.82. The van der Waals surface area contributed by atoms with Gasteiger partial charge in [0.1, 0.15) is 6.04 Å². The van der Waals surface area contributed by atoms with Crippen LogP contribution in [-0.2, 0) is 9.53 Å². The maximum Gasteiger partial charge on any atom is 0.322 e. The van der Waals surface area contributed by atoms with E-state index in [1.165, 1.54) is 7.11 Å². The second-order valence-electron chi connectivity index (χ2n) is 2.04. The Balaban J connectivity index is 3.68. The van der Waals surface area contributed by atoms with Gasteiger partial charge in [0.2, 0.25) is 0 Å².